The van der Waals surface area contributed by atoms with E-state index < -0.39 is 0 Å². The highest BCUT2D eigenvalue weighted by Crippen LogP contribution is 2.12. The first-order valence-corrected chi connectivity index (χ1v) is 6.81. The third kappa shape index (κ3) is 5.75. The van der Waals surface area contributed by atoms with E-state index in [0.29, 0.717) is 18.2 Å². The van der Waals surface area contributed by atoms with Gasteiger partial charge >= 0.3 is 5.97 Å². The van der Waals surface area contributed by atoms with Crippen molar-refractivity contribution in [1.82, 2.24) is 0 Å². The summed E-state index contributed by atoms with van der Waals surface area (Å²) in [5.41, 5.74) is 0.542. The van der Waals surface area contributed by atoms with Gasteiger partial charge in [0, 0.05) is 6.42 Å². The van der Waals surface area contributed by atoms with Crippen LogP contribution >= 0.6 is 0 Å². The Hall–Kier alpha value is -1.55. The Morgan fingerprint density at radius 3 is 2.58 bits per heavy atom. The van der Waals surface area contributed by atoms with Crippen molar-refractivity contribution in [3.05, 3.63) is 29.8 Å². The van der Waals surface area contributed by atoms with Gasteiger partial charge in [-0.1, -0.05) is 6.92 Å². The van der Waals surface area contributed by atoms with Crippen molar-refractivity contribution in [3.63, 3.8) is 0 Å². The molecule has 1 rings (SSSR count). The lowest BCUT2D eigenvalue weighted by molar-refractivity contribution is -0.686. The van der Waals surface area contributed by atoms with Crippen LogP contribution in [0.25, 0.3) is 0 Å². The molecule has 1 aromatic carbocycles. The van der Waals surface area contributed by atoms with Crippen LogP contribution in [0, 0.1) is 0 Å². The topological polar surface area (TPSA) is 52.1 Å². The number of carbonyl (C=O) groups is 1. The lowest BCUT2D eigenvalue weighted by Gasteiger charge is -2.09. The molecule has 1 aromatic rings. The predicted molar refractivity (Wildman–Crippen MR) is 74.4 cm³/mol. The van der Waals surface area contributed by atoms with Crippen molar-refractivity contribution in [2.24, 2.45) is 0 Å². The average Bonchev–Trinajstić information content (AvgIpc) is 2.46. The standard InChI is InChI=1S/C15H23NO3/c1-4-12(2)16-10-5-11-19-14-8-6-13(7-9-14)15(17)18-3/h6-9,12,16H,4-5,10-11H2,1-3H3/p+1/t12-/m1/s1. The van der Waals surface area contributed by atoms with E-state index >= 15 is 0 Å². The van der Waals surface area contributed by atoms with E-state index in [4.69, 9.17) is 4.74 Å². The fourth-order valence-electron chi connectivity index (χ4n) is 1.65. The van der Waals surface area contributed by atoms with Crippen molar-refractivity contribution < 1.29 is 19.6 Å². The van der Waals surface area contributed by atoms with Crippen LogP contribution in [0.5, 0.6) is 5.75 Å². The minimum Gasteiger partial charge on any atom is -0.493 e. The molecule has 1 atom stereocenters. The molecule has 2 N–H and O–H groups in total. The van der Waals surface area contributed by atoms with Crippen LogP contribution < -0.4 is 10.1 Å². The Morgan fingerprint density at radius 2 is 2.00 bits per heavy atom. The lowest BCUT2D eigenvalue weighted by Crippen LogP contribution is -2.89. The number of hydrogen-bond acceptors (Lipinski definition) is 3. The van der Waals surface area contributed by atoms with Crippen LogP contribution in [0.15, 0.2) is 24.3 Å². The highest BCUT2D eigenvalue weighted by Gasteiger charge is 2.05. The van der Waals surface area contributed by atoms with Gasteiger partial charge in [0.05, 0.1) is 31.9 Å². The molecule has 4 heteroatoms. The first kappa shape index (κ1) is 15.5. The summed E-state index contributed by atoms with van der Waals surface area (Å²) in [5.74, 6) is 0.464. The molecule has 0 bridgehead atoms. The average molecular weight is 266 g/mol. The molecule has 4 nitrogen and oxygen atoms in total. The van der Waals surface area contributed by atoms with Gasteiger partial charge in [-0.05, 0) is 37.6 Å². The molecule has 0 spiro atoms. The maximum Gasteiger partial charge on any atom is 0.337 e. The molecular weight excluding hydrogens is 242 g/mol. The number of nitrogens with two attached hydrogens (primary N) is 1. The van der Waals surface area contributed by atoms with Crippen LogP contribution in [-0.2, 0) is 4.74 Å². The predicted octanol–water partition coefficient (Wildman–Crippen LogP) is 1.60. The molecule has 0 fully saturated rings. The quantitative estimate of drug-likeness (QED) is 0.574. The van der Waals surface area contributed by atoms with Gasteiger partial charge in [0.15, 0.2) is 0 Å². The largest absolute Gasteiger partial charge is 0.493 e. The summed E-state index contributed by atoms with van der Waals surface area (Å²) in [6.45, 7) is 6.20. The Kier molecular flexibility index (Phi) is 6.97. The third-order valence-corrected chi connectivity index (χ3v) is 3.11. The summed E-state index contributed by atoms with van der Waals surface area (Å²) in [5, 5.41) is 2.34. The molecule has 0 saturated carbocycles. The number of benzene rings is 1. The van der Waals surface area contributed by atoms with Crippen LogP contribution in [0.1, 0.15) is 37.0 Å². The van der Waals surface area contributed by atoms with Gasteiger partial charge in [-0.15, -0.1) is 0 Å². The summed E-state index contributed by atoms with van der Waals surface area (Å²) in [6.07, 6.45) is 2.21. The van der Waals surface area contributed by atoms with Gasteiger partial charge in [-0.2, -0.15) is 0 Å². The number of methoxy groups -OCH3 is 1. The van der Waals surface area contributed by atoms with Gasteiger partial charge in [-0.3, -0.25) is 0 Å². The molecule has 0 aromatic heterocycles. The monoisotopic (exact) mass is 266 g/mol. The van der Waals surface area contributed by atoms with E-state index in [1.165, 1.54) is 13.5 Å². The first-order valence-electron chi connectivity index (χ1n) is 6.81. The second-order valence-corrected chi connectivity index (χ2v) is 4.63. The fourth-order valence-corrected chi connectivity index (χ4v) is 1.65. The molecule has 0 radical (unpaired) electrons. The Bertz CT molecular complexity index is 375. The fraction of sp³-hybridized carbons (Fsp3) is 0.533. The van der Waals surface area contributed by atoms with Crippen molar-refractivity contribution in [2.45, 2.75) is 32.7 Å². The molecule has 0 saturated heterocycles. The van der Waals surface area contributed by atoms with E-state index in [-0.39, 0.29) is 5.97 Å². The molecule has 106 valence electrons. The minimum absolute atomic E-state index is 0.324. The van der Waals surface area contributed by atoms with Crippen LogP contribution in [0.2, 0.25) is 0 Å². The number of carbonyl (C=O) groups excluding carboxylic acids is 1. The van der Waals surface area contributed by atoms with Crippen LogP contribution in [0.4, 0.5) is 0 Å². The molecule has 0 heterocycles. The third-order valence-electron chi connectivity index (χ3n) is 3.11. The molecule has 0 amide bonds. The summed E-state index contributed by atoms with van der Waals surface area (Å²) < 4.78 is 10.3. The normalized spacial score (nSPS) is 11.9. The zero-order valence-electron chi connectivity index (χ0n) is 12.0. The number of esters is 1. The van der Waals surface area contributed by atoms with Crippen molar-refractivity contribution in [3.8, 4) is 5.75 Å². The van der Waals surface area contributed by atoms with Gasteiger partial charge in [-0.25, -0.2) is 4.79 Å². The molecule has 0 aliphatic heterocycles. The Balaban J connectivity index is 2.25. The van der Waals surface area contributed by atoms with Gasteiger partial charge in [0.25, 0.3) is 0 Å². The van der Waals surface area contributed by atoms with Gasteiger partial charge in [0.2, 0.25) is 0 Å². The van der Waals surface area contributed by atoms with Gasteiger partial charge < -0.3 is 14.8 Å². The summed E-state index contributed by atoms with van der Waals surface area (Å²) >= 11 is 0. The highest BCUT2D eigenvalue weighted by atomic mass is 16.5. The van der Waals surface area contributed by atoms with Gasteiger partial charge in [0.1, 0.15) is 5.75 Å². The maximum absolute atomic E-state index is 11.2. The molecule has 19 heavy (non-hydrogen) atoms. The lowest BCUT2D eigenvalue weighted by atomic mass is 10.2. The highest BCUT2D eigenvalue weighted by molar-refractivity contribution is 5.89. The van der Waals surface area contributed by atoms with E-state index in [1.807, 2.05) is 0 Å². The van der Waals surface area contributed by atoms with Crippen molar-refractivity contribution in [2.75, 3.05) is 20.3 Å². The minimum atomic E-state index is -0.324. The van der Waals surface area contributed by atoms with E-state index in [9.17, 15) is 4.79 Å². The number of rotatable bonds is 8. The second-order valence-electron chi connectivity index (χ2n) is 4.63. The molecule has 0 unspecified atom stereocenters. The summed E-state index contributed by atoms with van der Waals surface area (Å²) in [6, 6.07) is 7.70. The van der Waals surface area contributed by atoms with E-state index in [2.05, 4.69) is 23.9 Å². The Morgan fingerprint density at radius 1 is 1.32 bits per heavy atom. The SMILES string of the molecule is CC[C@@H](C)[NH2+]CCCOc1ccc(C(=O)OC)cc1. The zero-order valence-corrected chi connectivity index (χ0v) is 12.0. The first-order chi connectivity index (χ1) is 9.17. The molecular formula is C15H24NO3+. The Labute approximate surface area is 115 Å². The van der Waals surface area contributed by atoms with Crippen molar-refractivity contribution in [1.29, 1.82) is 0 Å². The van der Waals surface area contributed by atoms with E-state index in [1.54, 1.807) is 24.3 Å². The number of hydrogen-bond donors (Lipinski definition) is 1. The smallest absolute Gasteiger partial charge is 0.337 e. The maximum atomic E-state index is 11.2. The van der Waals surface area contributed by atoms with Crippen molar-refractivity contribution >= 4 is 5.97 Å². The number of quaternary nitrogens is 1. The molecule has 0 aliphatic rings. The summed E-state index contributed by atoms with van der Waals surface area (Å²) in [4.78, 5) is 11.2. The zero-order chi connectivity index (χ0) is 14.1. The van der Waals surface area contributed by atoms with Crippen LogP contribution in [0.3, 0.4) is 0 Å². The molecule has 0 aliphatic carbocycles. The van der Waals surface area contributed by atoms with Crippen LogP contribution in [-0.4, -0.2) is 32.3 Å². The second kappa shape index (κ2) is 8.53. The van der Waals surface area contributed by atoms with E-state index in [0.717, 1.165) is 18.7 Å². The summed E-state index contributed by atoms with van der Waals surface area (Å²) in [7, 11) is 1.38. The number of ether oxygens (including phenoxy) is 2.